The molecule has 1 N–H and O–H groups in total. The lowest BCUT2D eigenvalue weighted by Crippen LogP contribution is -2.55. The lowest BCUT2D eigenvalue weighted by atomic mass is 9.77. The van der Waals surface area contributed by atoms with Crippen LogP contribution in [0.25, 0.3) is 10.8 Å². The van der Waals surface area contributed by atoms with Gasteiger partial charge in [-0.05, 0) is 75.6 Å². The highest BCUT2D eigenvalue weighted by molar-refractivity contribution is 5.94. The molecular weight excluding hydrogens is 451 g/mol. The third-order valence-corrected chi connectivity index (χ3v) is 8.00. The van der Waals surface area contributed by atoms with Gasteiger partial charge in [-0.25, -0.2) is 4.98 Å². The van der Waals surface area contributed by atoms with Crippen LogP contribution < -0.4 is 10.2 Å². The van der Waals surface area contributed by atoms with Gasteiger partial charge in [-0.3, -0.25) is 0 Å². The molecule has 0 amide bonds. The fourth-order valence-electron chi connectivity index (χ4n) is 6.01. The van der Waals surface area contributed by atoms with E-state index in [1.54, 1.807) is 0 Å². The van der Waals surface area contributed by atoms with Gasteiger partial charge in [0.05, 0.1) is 11.7 Å². The van der Waals surface area contributed by atoms with Crippen LogP contribution in [-0.2, 0) is 0 Å². The highest BCUT2D eigenvalue weighted by Crippen LogP contribution is 2.51. The van der Waals surface area contributed by atoms with Crippen LogP contribution in [0.1, 0.15) is 61.0 Å². The van der Waals surface area contributed by atoms with Crippen molar-refractivity contribution in [1.29, 1.82) is 0 Å². The maximum atomic E-state index is 12.8. The van der Waals surface area contributed by atoms with Gasteiger partial charge in [0.2, 0.25) is 0 Å². The van der Waals surface area contributed by atoms with Crippen LogP contribution >= 0.6 is 0 Å². The largest absolute Gasteiger partial charge is 0.389 e. The zero-order chi connectivity index (χ0) is 25.0. The average molecular weight is 484 g/mol. The standard InChI is InChI=1S/C27H32F3N5/c1-16-6-5-7-21(17(16)2)18(3)32-25-22-10-24(31-13-23(22)19(4)33-34-25)35-14-26(15-35)9-8-20(11-26)12-27(28,29)30/h5-7,10,13,18,20H,8-9,11-12,14-15H2,1-4H3,(H,32,34)/t18-,20?/m1/s1. The lowest BCUT2D eigenvalue weighted by Gasteiger charge is -2.49. The number of alkyl halides is 3. The third-order valence-electron chi connectivity index (χ3n) is 8.00. The number of pyridine rings is 1. The van der Waals surface area contributed by atoms with E-state index in [2.05, 4.69) is 64.4 Å². The van der Waals surface area contributed by atoms with Crippen LogP contribution in [0.5, 0.6) is 0 Å². The Balaban J connectivity index is 1.36. The van der Waals surface area contributed by atoms with Gasteiger partial charge in [-0.1, -0.05) is 18.2 Å². The summed E-state index contributed by atoms with van der Waals surface area (Å²) in [6.45, 7) is 9.81. The number of hydrogen-bond donors (Lipinski definition) is 1. The van der Waals surface area contributed by atoms with Crippen LogP contribution in [-0.4, -0.2) is 34.4 Å². The molecule has 1 aliphatic heterocycles. The molecule has 1 saturated heterocycles. The summed E-state index contributed by atoms with van der Waals surface area (Å²) in [6, 6.07) is 8.40. The molecule has 2 atom stereocenters. The predicted molar refractivity (Wildman–Crippen MR) is 133 cm³/mol. The normalized spacial score (nSPS) is 20.3. The van der Waals surface area contributed by atoms with Crippen LogP contribution in [0.4, 0.5) is 24.8 Å². The number of rotatable bonds is 5. The molecule has 1 spiro atoms. The summed E-state index contributed by atoms with van der Waals surface area (Å²) in [5.74, 6) is 1.31. The van der Waals surface area contributed by atoms with Crippen molar-refractivity contribution in [2.75, 3.05) is 23.3 Å². The van der Waals surface area contributed by atoms with Crippen molar-refractivity contribution >= 4 is 22.4 Å². The molecule has 8 heteroatoms. The number of halogens is 3. The summed E-state index contributed by atoms with van der Waals surface area (Å²) in [6.07, 6.45) is -0.708. The molecule has 1 aliphatic carbocycles. The quantitative estimate of drug-likeness (QED) is 0.439. The number of aromatic nitrogens is 3. The van der Waals surface area contributed by atoms with Crippen LogP contribution in [0.3, 0.4) is 0 Å². The Morgan fingerprint density at radius 3 is 2.66 bits per heavy atom. The molecule has 2 aliphatic rings. The Morgan fingerprint density at radius 1 is 1.14 bits per heavy atom. The molecule has 5 rings (SSSR count). The molecular formula is C27H32F3N5. The predicted octanol–water partition coefficient (Wildman–Crippen LogP) is 6.68. The second kappa shape index (κ2) is 8.64. The first-order chi connectivity index (χ1) is 16.5. The first-order valence-corrected chi connectivity index (χ1v) is 12.3. The minimum absolute atomic E-state index is 0.00272. The molecule has 186 valence electrons. The molecule has 1 aromatic carbocycles. The fraction of sp³-hybridized carbons (Fsp3) is 0.519. The van der Waals surface area contributed by atoms with E-state index in [4.69, 9.17) is 0 Å². The van der Waals surface area contributed by atoms with Gasteiger partial charge in [-0.15, -0.1) is 5.10 Å². The van der Waals surface area contributed by atoms with Gasteiger partial charge in [0.25, 0.3) is 0 Å². The summed E-state index contributed by atoms with van der Waals surface area (Å²) >= 11 is 0. The van der Waals surface area contributed by atoms with E-state index in [1.807, 2.05) is 19.2 Å². The summed E-state index contributed by atoms with van der Waals surface area (Å²) in [7, 11) is 0. The van der Waals surface area contributed by atoms with Gasteiger partial charge in [0.1, 0.15) is 5.82 Å². The minimum atomic E-state index is -4.07. The van der Waals surface area contributed by atoms with Crippen molar-refractivity contribution in [3.63, 3.8) is 0 Å². The zero-order valence-electron chi connectivity index (χ0n) is 20.7. The van der Waals surface area contributed by atoms with E-state index in [-0.39, 0.29) is 17.4 Å². The lowest BCUT2D eigenvalue weighted by molar-refractivity contribution is -0.144. The van der Waals surface area contributed by atoms with E-state index in [0.29, 0.717) is 18.7 Å². The Bertz CT molecular complexity index is 1250. The number of fused-ring (bicyclic) bond motifs is 1. The Morgan fingerprint density at radius 2 is 1.91 bits per heavy atom. The van der Waals surface area contributed by atoms with E-state index in [9.17, 15) is 13.2 Å². The van der Waals surface area contributed by atoms with Crippen molar-refractivity contribution in [2.24, 2.45) is 11.3 Å². The fourth-order valence-corrected chi connectivity index (χ4v) is 6.01. The van der Waals surface area contributed by atoms with Crippen molar-refractivity contribution in [3.8, 4) is 0 Å². The topological polar surface area (TPSA) is 53.9 Å². The van der Waals surface area contributed by atoms with Gasteiger partial charge < -0.3 is 10.2 Å². The average Bonchev–Trinajstić information content (AvgIpc) is 3.19. The SMILES string of the molecule is Cc1cccc([C@@H](C)Nc2nnc(C)c3cnc(N4CC5(CCC(CC(F)(F)F)C5)C4)cc23)c1C. The highest BCUT2D eigenvalue weighted by Gasteiger charge is 2.50. The minimum Gasteiger partial charge on any atom is -0.362 e. The number of nitrogens with zero attached hydrogens (tertiary/aromatic N) is 4. The Hall–Kier alpha value is -2.90. The zero-order valence-corrected chi connectivity index (χ0v) is 20.7. The molecule has 1 unspecified atom stereocenters. The maximum absolute atomic E-state index is 12.8. The van der Waals surface area contributed by atoms with Crippen molar-refractivity contribution in [3.05, 3.63) is 52.8 Å². The molecule has 3 aromatic rings. The second-order valence-corrected chi connectivity index (χ2v) is 10.7. The summed E-state index contributed by atoms with van der Waals surface area (Å²) in [4.78, 5) is 6.86. The smallest absolute Gasteiger partial charge is 0.362 e. The Labute approximate surface area is 204 Å². The number of nitrogens with one attached hydrogen (secondary N) is 1. The van der Waals surface area contributed by atoms with Gasteiger partial charge in [0, 0.05) is 41.9 Å². The number of anilines is 2. The number of aryl methyl sites for hydroxylation is 2. The molecule has 35 heavy (non-hydrogen) atoms. The molecule has 2 fully saturated rings. The van der Waals surface area contributed by atoms with Crippen LogP contribution in [0.2, 0.25) is 0 Å². The highest BCUT2D eigenvalue weighted by atomic mass is 19.4. The Kier molecular flexibility index (Phi) is 5.88. The number of hydrogen-bond acceptors (Lipinski definition) is 5. The van der Waals surface area contributed by atoms with Crippen LogP contribution in [0, 0.1) is 32.1 Å². The first-order valence-electron chi connectivity index (χ1n) is 12.3. The van der Waals surface area contributed by atoms with Crippen LogP contribution in [0.15, 0.2) is 30.5 Å². The van der Waals surface area contributed by atoms with Gasteiger partial charge in [0.15, 0.2) is 5.82 Å². The van der Waals surface area contributed by atoms with E-state index in [1.165, 1.54) is 16.7 Å². The maximum Gasteiger partial charge on any atom is 0.389 e. The monoisotopic (exact) mass is 483 g/mol. The second-order valence-electron chi connectivity index (χ2n) is 10.7. The molecule has 1 saturated carbocycles. The molecule has 5 nitrogen and oxygen atoms in total. The van der Waals surface area contributed by atoms with Gasteiger partial charge >= 0.3 is 6.18 Å². The molecule has 3 heterocycles. The summed E-state index contributed by atoms with van der Waals surface area (Å²) in [5, 5.41) is 14.3. The van der Waals surface area contributed by atoms with Crippen molar-refractivity contribution in [1.82, 2.24) is 15.2 Å². The van der Waals surface area contributed by atoms with Crippen molar-refractivity contribution < 1.29 is 13.2 Å². The third kappa shape index (κ3) is 4.67. The van der Waals surface area contributed by atoms with Crippen molar-refractivity contribution in [2.45, 2.75) is 65.6 Å². The summed E-state index contributed by atoms with van der Waals surface area (Å²) < 4.78 is 38.5. The van der Waals surface area contributed by atoms with E-state index in [0.717, 1.165) is 41.8 Å². The van der Waals surface area contributed by atoms with E-state index >= 15 is 0 Å². The van der Waals surface area contributed by atoms with E-state index < -0.39 is 12.6 Å². The molecule has 2 aromatic heterocycles. The van der Waals surface area contributed by atoms with Gasteiger partial charge in [-0.2, -0.15) is 18.3 Å². The number of benzene rings is 1. The molecule has 0 radical (unpaired) electrons. The summed E-state index contributed by atoms with van der Waals surface area (Å²) in [5.41, 5.74) is 4.53. The molecule has 0 bridgehead atoms. The first kappa shape index (κ1) is 23.8.